The molecule has 0 saturated heterocycles. The van der Waals surface area contributed by atoms with Gasteiger partial charge in [-0.15, -0.1) is 0 Å². The van der Waals surface area contributed by atoms with Crippen LogP contribution in [0.5, 0.6) is 0 Å². The van der Waals surface area contributed by atoms with Crippen molar-refractivity contribution >= 4 is 5.96 Å². The maximum Gasteiger partial charge on any atom is 0.191 e. The van der Waals surface area contributed by atoms with Gasteiger partial charge < -0.3 is 15.2 Å². The second-order valence-electron chi connectivity index (χ2n) is 6.48. The molecule has 0 aliphatic heterocycles. The van der Waals surface area contributed by atoms with Crippen LogP contribution in [0.3, 0.4) is 0 Å². The average Bonchev–Trinajstić information content (AvgIpc) is 3.24. The lowest BCUT2D eigenvalue weighted by Crippen LogP contribution is -2.40. The Hall–Kier alpha value is -3.08. The Bertz CT molecular complexity index is 797. The number of nitrogens with zero attached hydrogens (tertiary/aromatic N) is 3. The lowest BCUT2D eigenvalue weighted by atomic mass is 9.92. The Balaban J connectivity index is 1.57. The zero-order valence-corrected chi connectivity index (χ0v) is 15.8. The molecule has 0 spiro atoms. The molecule has 1 aromatic heterocycles. The van der Waals surface area contributed by atoms with Gasteiger partial charge >= 0.3 is 0 Å². The molecule has 0 saturated carbocycles. The molecule has 2 N–H and O–H groups in total. The first-order valence-electron chi connectivity index (χ1n) is 9.34. The van der Waals surface area contributed by atoms with Crippen molar-refractivity contribution in [2.75, 3.05) is 20.1 Å². The fourth-order valence-corrected chi connectivity index (χ4v) is 3.09. The number of aromatic nitrogens is 2. The second-order valence-corrected chi connectivity index (χ2v) is 6.48. The number of imidazole rings is 1. The van der Waals surface area contributed by atoms with E-state index in [1.807, 2.05) is 17.1 Å². The Morgan fingerprint density at radius 1 is 1.04 bits per heavy atom. The number of rotatable bonds is 8. The maximum absolute atomic E-state index is 4.35. The standard InChI is InChI=1S/C22H27N5/c1-23-22(25-13-15-27-14-12-24-18-27)26-17-21(20-10-6-3-7-11-20)16-19-8-4-2-5-9-19/h2-12,14,18,21H,13,15-17H2,1H3,(H2,23,25,26). The predicted octanol–water partition coefficient (Wildman–Crippen LogP) is 3.07. The topological polar surface area (TPSA) is 54.2 Å². The van der Waals surface area contributed by atoms with Gasteiger partial charge in [-0.25, -0.2) is 4.98 Å². The molecule has 1 atom stereocenters. The van der Waals surface area contributed by atoms with Crippen molar-refractivity contribution < 1.29 is 0 Å². The van der Waals surface area contributed by atoms with E-state index < -0.39 is 0 Å². The normalized spacial score (nSPS) is 12.6. The third kappa shape index (κ3) is 5.99. The van der Waals surface area contributed by atoms with E-state index in [1.54, 1.807) is 13.2 Å². The summed E-state index contributed by atoms with van der Waals surface area (Å²) in [7, 11) is 1.81. The average molecular weight is 361 g/mol. The molecule has 0 aliphatic rings. The van der Waals surface area contributed by atoms with E-state index in [1.165, 1.54) is 11.1 Å². The lowest BCUT2D eigenvalue weighted by Gasteiger charge is -2.20. The Morgan fingerprint density at radius 2 is 1.78 bits per heavy atom. The third-order valence-electron chi connectivity index (χ3n) is 4.56. The van der Waals surface area contributed by atoms with Gasteiger partial charge in [-0.05, 0) is 17.5 Å². The molecular weight excluding hydrogens is 334 g/mol. The van der Waals surface area contributed by atoms with Crippen LogP contribution in [0.2, 0.25) is 0 Å². The van der Waals surface area contributed by atoms with E-state index in [4.69, 9.17) is 0 Å². The third-order valence-corrected chi connectivity index (χ3v) is 4.56. The molecule has 140 valence electrons. The number of hydrogen-bond donors (Lipinski definition) is 2. The summed E-state index contributed by atoms with van der Waals surface area (Å²) >= 11 is 0. The molecule has 1 heterocycles. The highest BCUT2D eigenvalue weighted by Gasteiger charge is 2.13. The quantitative estimate of drug-likeness (QED) is 0.479. The van der Waals surface area contributed by atoms with Gasteiger partial charge in [-0.2, -0.15) is 0 Å². The molecule has 5 nitrogen and oxygen atoms in total. The number of hydrogen-bond acceptors (Lipinski definition) is 2. The van der Waals surface area contributed by atoms with Gasteiger partial charge in [0.15, 0.2) is 5.96 Å². The van der Waals surface area contributed by atoms with E-state index in [-0.39, 0.29) is 0 Å². The molecule has 0 fully saturated rings. The van der Waals surface area contributed by atoms with Crippen LogP contribution in [0.15, 0.2) is 84.4 Å². The maximum atomic E-state index is 4.35. The van der Waals surface area contributed by atoms with Gasteiger partial charge in [0, 0.05) is 45.0 Å². The summed E-state index contributed by atoms with van der Waals surface area (Å²) < 4.78 is 2.04. The van der Waals surface area contributed by atoms with E-state index in [0.717, 1.165) is 32.0 Å². The van der Waals surface area contributed by atoms with Gasteiger partial charge in [0.2, 0.25) is 0 Å². The number of aliphatic imine (C=N–C) groups is 1. The first kappa shape index (κ1) is 18.7. The monoisotopic (exact) mass is 361 g/mol. The van der Waals surface area contributed by atoms with E-state index in [0.29, 0.717) is 5.92 Å². The molecule has 1 unspecified atom stereocenters. The van der Waals surface area contributed by atoms with Crippen LogP contribution in [0.1, 0.15) is 17.0 Å². The highest BCUT2D eigenvalue weighted by atomic mass is 15.2. The summed E-state index contributed by atoms with van der Waals surface area (Å²) in [5.41, 5.74) is 2.68. The van der Waals surface area contributed by atoms with Crippen molar-refractivity contribution in [2.24, 2.45) is 4.99 Å². The molecule has 0 bridgehead atoms. The van der Waals surface area contributed by atoms with Crippen molar-refractivity contribution in [2.45, 2.75) is 18.9 Å². The molecule has 0 amide bonds. The van der Waals surface area contributed by atoms with Crippen LogP contribution in [-0.4, -0.2) is 35.6 Å². The highest BCUT2D eigenvalue weighted by molar-refractivity contribution is 5.79. The van der Waals surface area contributed by atoms with Crippen LogP contribution in [0.4, 0.5) is 0 Å². The van der Waals surface area contributed by atoms with E-state index >= 15 is 0 Å². The molecular formula is C22H27N5. The minimum atomic E-state index is 0.376. The largest absolute Gasteiger partial charge is 0.356 e. The van der Waals surface area contributed by atoms with Gasteiger partial charge in [0.05, 0.1) is 6.33 Å². The van der Waals surface area contributed by atoms with Crippen LogP contribution >= 0.6 is 0 Å². The highest BCUT2D eigenvalue weighted by Crippen LogP contribution is 2.20. The summed E-state index contributed by atoms with van der Waals surface area (Å²) in [4.78, 5) is 8.41. The number of guanidine groups is 1. The zero-order chi connectivity index (χ0) is 18.7. The predicted molar refractivity (Wildman–Crippen MR) is 111 cm³/mol. The van der Waals surface area contributed by atoms with Crippen molar-refractivity contribution in [3.8, 4) is 0 Å². The van der Waals surface area contributed by atoms with Gasteiger partial charge in [0.25, 0.3) is 0 Å². The van der Waals surface area contributed by atoms with Crippen LogP contribution in [0.25, 0.3) is 0 Å². The Labute approximate surface area is 161 Å². The molecule has 0 radical (unpaired) electrons. The second kappa shape index (κ2) is 10.2. The van der Waals surface area contributed by atoms with Gasteiger partial charge in [-0.1, -0.05) is 60.7 Å². The first-order chi connectivity index (χ1) is 13.3. The number of benzene rings is 2. The van der Waals surface area contributed by atoms with Crippen molar-refractivity contribution in [3.63, 3.8) is 0 Å². The van der Waals surface area contributed by atoms with E-state index in [9.17, 15) is 0 Å². The fraction of sp³-hybridized carbons (Fsp3) is 0.273. The molecule has 27 heavy (non-hydrogen) atoms. The summed E-state index contributed by atoms with van der Waals surface area (Å²) in [6, 6.07) is 21.3. The minimum absolute atomic E-state index is 0.376. The molecule has 0 aliphatic carbocycles. The zero-order valence-electron chi connectivity index (χ0n) is 15.8. The van der Waals surface area contributed by atoms with Crippen LogP contribution < -0.4 is 10.6 Å². The molecule has 3 aromatic rings. The number of nitrogens with one attached hydrogen (secondary N) is 2. The van der Waals surface area contributed by atoms with Crippen molar-refractivity contribution in [1.29, 1.82) is 0 Å². The molecule has 2 aromatic carbocycles. The summed E-state index contributed by atoms with van der Waals surface area (Å²) in [5.74, 6) is 1.20. The van der Waals surface area contributed by atoms with Crippen LogP contribution in [-0.2, 0) is 13.0 Å². The SMILES string of the molecule is CN=C(NCCn1ccnc1)NCC(Cc1ccccc1)c1ccccc1. The van der Waals surface area contributed by atoms with Crippen molar-refractivity contribution in [3.05, 3.63) is 90.5 Å². The fourth-order valence-electron chi connectivity index (χ4n) is 3.09. The van der Waals surface area contributed by atoms with Gasteiger partial charge in [-0.3, -0.25) is 4.99 Å². The first-order valence-corrected chi connectivity index (χ1v) is 9.34. The smallest absolute Gasteiger partial charge is 0.191 e. The minimum Gasteiger partial charge on any atom is -0.356 e. The Kier molecular flexibility index (Phi) is 7.04. The lowest BCUT2D eigenvalue weighted by molar-refractivity contribution is 0.628. The Morgan fingerprint density at radius 3 is 2.44 bits per heavy atom. The van der Waals surface area contributed by atoms with Gasteiger partial charge in [0.1, 0.15) is 0 Å². The summed E-state index contributed by atoms with van der Waals surface area (Å²) in [6.07, 6.45) is 6.57. The van der Waals surface area contributed by atoms with Crippen LogP contribution in [0, 0.1) is 0 Å². The molecule has 3 rings (SSSR count). The van der Waals surface area contributed by atoms with E-state index in [2.05, 4.69) is 81.3 Å². The summed E-state index contributed by atoms with van der Waals surface area (Å²) in [6.45, 7) is 2.47. The summed E-state index contributed by atoms with van der Waals surface area (Å²) in [5, 5.41) is 6.85. The molecule has 5 heteroatoms. The van der Waals surface area contributed by atoms with Crippen molar-refractivity contribution in [1.82, 2.24) is 20.2 Å².